The van der Waals surface area contributed by atoms with Crippen LogP contribution in [-0.2, 0) is 20.9 Å². The summed E-state index contributed by atoms with van der Waals surface area (Å²) in [5.74, 6) is 0. The SMILES string of the molecule is C=Cc1cccc(CO/N=C/[C@H](O)[C@@H](O)[C@H](O[C@@H]2O[C@H](CO)[C@H](O)[C@H](O)[C@H]2O)[C@H](O)CO)c1. The van der Waals surface area contributed by atoms with E-state index in [0.29, 0.717) is 0 Å². The van der Waals surface area contributed by atoms with E-state index in [1.807, 2.05) is 12.1 Å². The second-order valence-electron chi connectivity index (χ2n) is 7.51. The van der Waals surface area contributed by atoms with Gasteiger partial charge in [-0.2, -0.15) is 0 Å². The second-order valence-corrected chi connectivity index (χ2v) is 7.51. The Hall–Kier alpha value is -1.97. The Morgan fingerprint density at radius 1 is 1.09 bits per heavy atom. The van der Waals surface area contributed by atoms with E-state index in [0.717, 1.165) is 17.3 Å². The first-order valence-electron chi connectivity index (χ1n) is 10.2. The summed E-state index contributed by atoms with van der Waals surface area (Å²) >= 11 is 0. The number of nitrogens with zero attached hydrogens (tertiary/aromatic N) is 1. The third-order valence-electron chi connectivity index (χ3n) is 5.10. The minimum atomic E-state index is -1.88. The van der Waals surface area contributed by atoms with Gasteiger partial charge in [-0.3, -0.25) is 0 Å². The van der Waals surface area contributed by atoms with Gasteiger partial charge in [-0.15, -0.1) is 0 Å². The molecule has 1 aromatic rings. The smallest absolute Gasteiger partial charge is 0.187 e. The molecule has 1 aromatic carbocycles. The average Bonchev–Trinajstić information content (AvgIpc) is 2.83. The van der Waals surface area contributed by atoms with Crippen molar-refractivity contribution in [2.24, 2.45) is 5.16 Å². The lowest BCUT2D eigenvalue weighted by Gasteiger charge is -2.42. The molecule has 0 saturated carbocycles. The maximum absolute atomic E-state index is 10.4. The molecule has 0 radical (unpaired) electrons. The Kier molecular flexibility index (Phi) is 10.8. The van der Waals surface area contributed by atoms with Gasteiger partial charge in [-0.05, 0) is 17.2 Å². The van der Waals surface area contributed by atoms with E-state index in [1.54, 1.807) is 18.2 Å². The molecule has 1 heterocycles. The summed E-state index contributed by atoms with van der Waals surface area (Å²) in [5, 5.41) is 82.5. The summed E-state index contributed by atoms with van der Waals surface area (Å²) < 4.78 is 10.5. The highest BCUT2D eigenvalue weighted by Crippen LogP contribution is 2.24. The highest BCUT2D eigenvalue weighted by Gasteiger charge is 2.46. The lowest BCUT2D eigenvalue weighted by atomic mass is 9.98. The fourth-order valence-corrected chi connectivity index (χ4v) is 3.15. The molecule has 0 amide bonds. The number of hydrogen-bond donors (Lipinski definition) is 8. The number of hydrogen-bond acceptors (Lipinski definition) is 12. The lowest BCUT2D eigenvalue weighted by molar-refractivity contribution is -0.326. The first-order chi connectivity index (χ1) is 15.7. The van der Waals surface area contributed by atoms with E-state index in [1.165, 1.54) is 0 Å². The molecule has 0 aromatic heterocycles. The van der Waals surface area contributed by atoms with Crippen LogP contribution in [0.1, 0.15) is 11.1 Å². The molecule has 9 atom stereocenters. The predicted molar refractivity (Wildman–Crippen MR) is 114 cm³/mol. The molecule has 12 heteroatoms. The quantitative estimate of drug-likeness (QED) is 0.114. The molecule has 0 unspecified atom stereocenters. The van der Waals surface area contributed by atoms with Crippen LogP contribution in [0.4, 0.5) is 0 Å². The van der Waals surface area contributed by atoms with Gasteiger partial charge in [-0.1, -0.05) is 36.0 Å². The molecular weight excluding hydrogens is 442 g/mol. The fourth-order valence-electron chi connectivity index (χ4n) is 3.15. The van der Waals surface area contributed by atoms with Gasteiger partial charge in [0.05, 0.1) is 19.4 Å². The molecule has 0 aliphatic carbocycles. The third-order valence-corrected chi connectivity index (χ3v) is 5.10. The third kappa shape index (κ3) is 7.25. The minimum Gasteiger partial charge on any atom is -0.394 e. The van der Waals surface area contributed by atoms with Crippen molar-refractivity contribution in [2.75, 3.05) is 13.2 Å². The Morgan fingerprint density at radius 3 is 2.45 bits per heavy atom. The molecule has 8 N–H and O–H groups in total. The second kappa shape index (κ2) is 13.1. The van der Waals surface area contributed by atoms with Crippen molar-refractivity contribution in [3.8, 4) is 0 Å². The van der Waals surface area contributed by atoms with E-state index in [-0.39, 0.29) is 6.61 Å². The molecule has 12 nitrogen and oxygen atoms in total. The molecular formula is C21H31NO11. The van der Waals surface area contributed by atoms with Crippen LogP contribution < -0.4 is 0 Å². The Morgan fingerprint density at radius 2 is 1.82 bits per heavy atom. The zero-order valence-corrected chi connectivity index (χ0v) is 17.7. The zero-order valence-electron chi connectivity index (χ0n) is 17.7. The number of aliphatic hydroxyl groups is 8. The van der Waals surface area contributed by atoms with Crippen LogP contribution in [0.5, 0.6) is 0 Å². The Labute approximate surface area is 190 Å². The van der Waals surface area contributed by atoms with Gasteiger partial charge in [0.2, 0.25) is 0 Å². The molecule has 1 aliphatic heterocycles. The summed E-state index contributed by atoms with van der Waals surface area (Å²) in [5.41, 5.74) is 1.65. The van der Waals surface area contributed by atoms with Crippen molar-refractivity contribution < 1.29 is 55.2 Å². The van der Waals surface area contributed by atoms with E-state index in [4.69, 9.17) is 14.3 Å². The molecule has 0 spiro atoms. The van der Waals surface area contributed by atoms with Crippen LogP contribution in [0.2, 0.25) is 0 Å². The molecule has 1 aliphatic rings. The van der Waals surface area contributed by atoms with Crippen molar-refractivity contribution >= 4 is 12.3 Å². The molecule has 2 rings (SSSR count). The van der Waals surface area contributed by atoms with E-state index in [2.05, 4.69) is 11.7 Å². The van der Waals surface area contributed by atoms with E-state index in [9.17, 15) is 40.9 Å². The number of oxime groups is 1. The first kappa shape index (κ1) is 27.3. The Bertz CT molecular complexity index is 761. The minimum absolute atomic E-state index is 0.0606. The normalized spacial score (nSPS) is 29.4. The van der Waals surface area contributed by atoms with Gasteiger partial charge in [0, 0.05) is 0 Å². The Balaban J connectivity index is 2.01. The maximum atomic E-state index is 10.4. The van der Waals surface area contributed by atoms with Gasteiger partial charge in [0.25, 0.3) is 0 Å². The summed E-state index contributed by atoms with van der Waals surface area (Å²) in [6, 6.07) is 7.25. The van der Waals surface area contributed by atoms with Crippen molar-refractivity contribution in [3.05, 3.63) is 42.0 Å². The predicted octanol–water partition coefficient (Wildman–Crippen LogP) is -2.91. The topological polar surface area (TPSA) is 202 Å². The average molecular weight is 473 g/mol. The van der Waals surface area contributed by atoms with Crippen LogP contribution in [0.3, 0.4) is 0 Å². The van der Waals surface area contributed by atoms with Crippen molar-refractivity contribution in [3.63, 3.8) is 0 Å². The summed E-state index contributed by atoms with van der Waals surface area (Å²) in [6.45, 7) is 2.12. The highest BCUT2D eigenvalue weighted by molar-refractivity contribution is 5.63. The number of ether oxygens (including phenoxy) is 2. The molecule has 186 valence electrons. The molecule has 1 saturated heterocycles. The zero-order chi connectivity index (χ0) is 24.5. The van der Waals surface area contributed by atoms with Gasteiger partial charge in [0.15, 0.2) is 6.29 Å². The number of aliphatic hydroxyl groups excluding tert-OH is 8. The van der Waals surface area contributed by atoms with Gasteiger partial charge < -0.3 is 55.2 Å². The molecule has 1 fully saturated rings. The maximum Gasteiger partial charge on any atom is 0.187 e. The van der Waals surface area contributed by atoms with Crippen molar-refractivity contribution in [1.82, 2.24) is 0 Å². The van der Waals surface area contributed by atoms with Crippen LogP contribution in [0.25, 0.3) is 6.08 Å². The molecule has 33 heavy (non-hydrogen) atoms. The van der Waals surface area contributed by atoms with Crippen molar-refractivity contribution in [1.29, 1.82) is 0 Å². The van der Waals surface area contributed by atoms with Crippen LogP contribution in [0.15, 0.2) is 36.0 Å². The van der Waals surface area contributed by atoms with E-state index < -0.39 is 68.3 Å². The highest BCUT2D eigenvalue weighted by atomic mass is 16.7. The van der Waals surface area contributed by atoms with Gasteiger partial charge in [0.1, 0.15) is 55.4 Å². The largest absolute Gasteiger partial charge is 0.394 e. The summed E-state index contributed by atoms with van der Waals surface area (Å²) in [7, 11) is 0. The number of benzene rings is 1. The summed E-state index contributed by atoms with van der Waals surface area (Å²) in [4.78, 5) is 5.09. The van der Waals surface area contributed by atoms with E-state index >= 15 is 0 Å². The number of rotatable bonds is 12. The van der Waals surface area contributed by atoms with Gasteiger partial charge in [-0.25, -0.2) is 0 Å². The summed E-state index contributed by atoms with van der Waals surface area (Å²) in [6.07, 6.45) is -12.8. The standard InChI is InChI=1S/C21H31NO11/c1-2-11-4-3-5-12(6-11)10-31-22-7-13(25)16(27)20(14(26)8-23)33-21-19(30)18(29)17(28)15(9-24)32-21/h2-7,13-21,23-30H,1,8-10H2/b22-7+/t13-,14+,15+,16+,17-,18-,19+,20+,21-/m0/s1. The van der Waals surface area contributed by atoms with Crippen LogP contribution >= 0.6 is 0 Å². The first-order valence-corrected chi connectivity index (χ1v) is 10.2. The van der Waals surface area contributed by atoms with Crippen LogP contribution in [0, 0.1) is 0 Å². The molecule has 0 bridgehead atoms. The van der Waals surface area contributed by atoms with Gasteiger partial charge >= 0.3 is 0 Å². The lowest BCUT2D eigenvalue weighted by Crippen LogP contribution is -2.61. The monoisotopic (exact) mass is 473 g/mol. The van der Waals surface area contributed by atoms with Crippen molar-refractivity contribution in [2.45, 2.75) is 61.7 Å². The van der Waals surface area contributed by atoms with Crippen LogP contribution in [-0.4, -0.2) is 115 Å². The fraction of sp³-hybridized carbons (Fsp3) is 0.571.